The molecule has 180 valence electrons. The molecule has 1 aromatic carbocycles. The van der Waals surface area contributed by atoms with Crippen LogP contribution in [0.4, 0.5) is 0 Å². The molecular formula is C23H24N2O9. The second kappa shape index (κ2) is 7.67. The van der Waals surface area contributed by atoms with Crippen LogP contribution in [-0.2, 0) is 23.9 Å². The molecule has 34 heavy (non-hydrogen) atoms. The maximum atomic E-state index is 13.8. The zero-order valence-electron chi connectivity index (χ0n) is 18.6. The molecular weight excluding hydrogens is 448 g/mol. The van der Waals surface area contributed by atoms with Crippen LogP contribution in [-0.4, -0.2) is 81.6 Å². The molecule has 5 atom stereocenters. The van der Waals surface area contributed by atoms with Crippen LogP contribution >= 0.6 is 0 Å². The quantitative estimate of drug-likeness (QED) is 0.288. The molecule has 0 aliphatic heterocycles. The summed E-state index contributed by atoms with van der Waals surface area (Å²) < 4.78 is 4.94. The van der Waals surface area contributed by atoms with Crippen LogP contribution in [0.1, 0.15) is 23.5 Å². The lowest BCUT2D eigenvalue weighted by Gasteiger charge is -2.51. The average molecular weight is 472 g/mol. The molecule has 1 aromatic rings. The summed E-state index contributed by atoms with van der Waals surface area (Å²) in [5, 5.41) is 43.8. The fourth-order valence-electron chi connectivity index (χ4n) is 5.65. The highest BCUT2D eigenvalue weighted by molar-refractivity contribution is 6.24. The monoisotopic (exact) mass is 472 g/mol. The van der Waals surface area contributed by atoms with Gasteiger partial charge in [0.1, 0.15) is 22.8 Å². The third-order valence-corrected chi connectivity index (χ3v) is 7.06. The summed E-state index contributed by atoms with van der Waals surface area (Å²) >= 11 is 0. The van der Waals surface area contributed by atoms with Gasteiger partial charge in [-0.3, -0.25) is 24.1 Å². The van der Waals surface area contributed by atoms with E-state index in [9.17, 15) is 39.6 Å². The summed E-state index contributed by atoms with van der Waals surface area (Å²) in [5.41, 5.74) is 1.19. The van der Waals surface area contributed by atoms with Crippen molar-refractivity contribution in [3.63, 3.8) is 0 Å². The van der Waals surface area contributed by atoms with Gasteiger partial charge in [0.05, 0.1) is 24.6 Å². The van der Waals surface area contributed by atoms with E-state index >= 15 is 0 Å². The maximum Gasteiger partial charge on any atom is 0.313 e. The Labute approximate surface area is 193 Å². The van der Waals surface area contributed by atoms with E-state index in [-0.39, 0.29) is 17.5 Å². The molecule has 1 fully saturated rings. The molecule has 3 aliphatic rings. The normalized spacial score (nSPS) is 30.6. The van der Waals surface area contributed by atoms with Crippen molar-refractivity contribution in [2.45, 2.75) is 24.0 Å². The lowest BCUT2D eigenvalue weighted by atomic mass is 9.55. The molecule has 0 saturated heterocycles. The molecule has 0 heterocycles. The molecule has 6 N–H and O–H groups in total. The molecule has 1 amide bonds. The summed E-state index contributed by atoms with van der Waals surface area (Å²) in [6, 6.07) is 2.95. The molecule has 1 saturated carbocycles. The highest BCUT2D eigenvalue weighted by Gasteiger charge is 2.65. The molecule has 0 unspecified atom stereocenters. The van der Waals surface area contributed by atoms with Crippen molar-refractivity contribution in [2.24, 2.45) is 17.6 Å². The first-order chi connectivity index (χ1) is 15.9. The number of primary amides is 1. The van der Waals surface area contributed by atoms with Crippen molar-refractivity contribution in [1.82, 2.24) is 4.90 Å². The van der Waals surface area contributed by atoms with Gasteiger partial charge in [-0.2, -0.15) is 0 Å². The molecule has 11 nitrogen and oxygen atoms in total. The highest BCUT2D eigenvalue weighted by atomic mass is 16.5. The van der Waals surface area contributed by atoms with E-state index in [4.69, 9.17) is 10.5 Å². The van der Waals surface area contributed by atoms with Crippen LogP contribution in [0.25, 0.3) is 5.76 Å². The number of amides is 1. The number of ether oxygens (including phenoxy) is 1. The topological polar surface area (TPSA) is 188 Å². The minimum atomic E-state index is -2.78. The van der Waals surface area contributed by atoms with Gasteiger partial charge in [0.25, 0.3) is 5.91 Å². The number of hydrogen-bond acceptors (Lipinski definition) is 10. The Bertz CT molecular complexity index is 1210. The Kier molecular flexibility index (Phi) is 5.29. The molecule has 11 heteroatoms. The van der Waals surface area contributed by atoms with Gasteiger partial charge in [0, 0.05) is 17.4 Å². The van der Waals surface area contributed by atoms with Crippen molar-refractivity contribution < 1.29 is 44.3 Å². The molecule has 0 radical (unpaired) electrons. The molecule has 0 spiro atoms. The summed E-state index contributed by atoms with van der Waals surface area (Å²) in [4.78, 5) is 53.1. The number of aliphatic hydroxyl groups is 3. The number of phenolic OH excluding ortho intramolecular Hbond substituents is 1. The Morgan fingerprint density at radius 3 is 2.38 bits per heavy atom. The Morgan fingerprint density at radius 2 is 1.82 bits per heavy atom. The lowest BCUT2D eigenvalue weighted by molar-refractivity contribution is -0.155. The fourth-order valence-corrected chi connectivity index (χ4v) is 5.65. The van der Waals surface area contributed by atoms with Gasteiger partial charge < -0.3 is 30.9 Å². The number of likely N-dealkylation sites (N-methyl/N-ethyl adjacent to an activating group) is 1. The number of phenols is 1. The smallest absolute Gasteiger partial charge is 0.313 e. The summed E-state index contributed by atoms with van der Waals surface area (Å²) in [6.45, 7) is 0. The van der Waals surface area contributed by atoms with E-state index in [1.54, 1.807) is 0 Å². The lowest BCUT2D eigenvalue weighted by Crippen LogP contribution is -2.66. The Hall–Kier alpha value is -3.70. The molecule has 0 bridgehead atoms. The highest BCUT2D eigenvalue weighted by Crippen LogP contribution is 2.56. The first kappa shape index (κ1) is 23.5. The van der Waals surface area contributed by atoms with Gasteiger partial charge in [-0.25, -0.2) is 0 Å². The number of methoxy groups -OCH3 is 1. The van der Waals surface area contributed by atoms with Crippen molar-refractivity contribution in [3.05, 3.63) is 46.2 Å². The van der Waals surface area contributed by atoms with Crippen molar-refractivity contribution in [2.75, 3.05) is 21.2 Å². The van der Waals surface area contributed by atoms with Gasteiger partial charge in [0.2, 0.25) is 5.78 Å². The Morgan fingerprint density at radius 1 is 1.18 bits per heavy atom. The molecule has 0 aromatic heterocycles. The molecule has 3 aliphatic carbocycles. The minimum absolute atomic E-state index is 0.186. The van der Waals surface area contributed by atoms with Gasteiger partial charge in [-0.1, -0.05) is 12.1 Å². The number of nitrogens with two attached hydrogens (primary N) is 1. The zero-order chi connectivity index (χ0) is 25.3. The largest absolute Gasteiger partial charge is 0.508 e. The first-order valence-electron chi connectivity index (χ1n) is 10.4. The number of esters is 1. The van der Waals surface area contributed by atoms with Crippen LogP contribution in [0.15, 0.2) is 35.1 Å². The maximum absolute atomic E-state index is 13.8. The second-order valence-electron chi connectivity index (χ2n) is 8.91. The number of carbonyl (C=O) groups is 4. The predicted octanol–water partition coefficient (Wildman–Crippen LogP) is -0.322. The summed E-state index contributed by atoms with van der Waals surface area (Å²) in [5.74, 6) is -9.98. The third kappa shape index (κ3) is 2.83. The number of benzene rings is 1. The average Bonchev–Trinajstić information content (AvgIpc) is 2.75. The minimum Gasteiger partial charge on any atom is -0.508 e. The number of carbonyl (C=O) groups excluding carboxylic acids is 4. The van der Waals surface area contributed by atoms with Gasteiger partial charge in [-0.05, 0) is 32.1 Å². The Balaban J connectivity index is 2.05. The van der Waals surface area contributed by atoms with E-state index in [0.717, 1.165) is 7.11 Å². The van der Waals surface area contributed by atoms with Gasteiger partial charge >= 0.3 is 5.97 Å². The predicted molar refractivity (Wildman–Crippen MR) is 115 cm³/mol. The number of nitrogens with zero attached hydrogens (tertiary/aromatic N) is 1. The molecule has 4 rings (SSSR count). The van der Waals surface area contributed by atoms with E-state index in [1.807, 2.05) is 0 Å². The number of aliphatic hydroxyl groups excluding tert-OH is 2. The van der Waals surface area contributed by atoms with E-state index in [1.165, 1.54) is 37.2 Å². The van der Waals surface area contributed by atoms with Crippen molar-refractivity contribution >= 4 is 29.2 Å². The summed E-state index contributed by atoms with van der Waals surface area (Å²) in [6.07, 6.45) is -0.221. The van der Waals surface area contributed by atoms with E-state index in [0.29, 0.717) is 0 Å². The van der Waals surface area contributed by atoms with Crippen molar-refractivity contribution in [1.29, 1.82) is 0 Å². The van der Waals surface area contributed by atoms with Crippen LogP contribution in [0.2, 0.25) is 0 Å². The number of ketones is 2. The van der Waals surface area contributed by atoms with Gasteiger partial charge in [-0.15, -0.1) is 0 Å². The standard InChI is InChI=1S/C23H24N2O9/c1-25(2)16-10-7-9-12(22(32)34-3)8-5-4-6-11(26)13(8)17(27)14(9)19(29)23(10,33)20(30)15(18(16)28)21(24)31/h4-6,9-10,12,16,26-27,30,33H,7H2,1-3H3,(H2,24,31)/t9-,10+,12+,16+,23+/m1/s1. The van der Waals surface area contributed by atoms with E-state index < -0.39 is 81.3 Å². The van der Waals surface area contributed by atoms with Crippen LogP contribution in [0.5, 0.6) is 5.75 Å². The summed E-state index contributed by atoms with van der Waals surface area (Å²) in [7, 11) is 4.12. The number of rotatable bonds is 3. The SMILES string of the molecule is COC(=O)[C@H]1c2cccc(O)c2C(O)=C2C(=O)[C@]3(O)C(O)=C(C(N)=O)C(=O)[C@@H](N(C)C)[C@@H]3C[C@@H]21. The number of aromatic hydroxyl groups is 1. The number of Topliss-reactive ketones (excluding diaryl/α,β-unsaturated/α-hetero) is 2. The van der Waals surface area contributed by atoms with Crippen LogP contribution < -0.4 is 5.73 Å². The second-order valence-corrected chi connectivity index (χ2v) is 8.91. The third-order valence-electron chi connectivity index (χ3n) is 7.06. The van der Waals surface area contributed by atoms with Crippen LogP contribution in [0.3, 0.4) is 0 Å². The van der Waals surface area contributed by atoms with E-state index in [2.05, 4.69) is 0 Å². The number of fused-ring (bicyclic) bond motifs is 3. The zero-order valence-corrected chi connectivity index (χ0v) is 18.6. The van der Waals surface area contributed by atoms with Crippen molar-refractivity contribution in [3.8, 4) is 5.75 Å². The van der Waals surface area contributed by atoms with Gasteiger partial charge in [0.15, 0.2) is 11.4 Å². The van der Waals surface area contributed by atoms with Crippen LogP contribution in [0, 0.1) is 11.8 Å². The first-order valence-corrected chi connectivity index (χ1v) is 10.4. The number of hydrogen-bond donors (Lipinski definition) is 5. The fraction of sp³-hybridized carbons (Fsp3) is 0.391.